The third-order valence-electron chi connectivity index (χ3n) is 3.39. The molecule has 0 fully saturated rings. The van der Waals surface area contributed by atoms with E-state index < -0.39 is 17.9 Å². The topological polar surface area (TPSA) is 175 Å². The van der Waals surface area contributed by atoms with Crippen LogP contribution in [0.3, 0.4) is 0 Å². The minimum atomic E-state index is -1.36. The molecular weight excluding hydrogens is 475 g/mol. The van der Waals surface area contributed by atoms with Crippen LogP contribution in [0.1, 0.15) is 31.1 Å². The van der Waals surface area contributed by atoms with Gasteiger partial charge in [-0.1, -0.05) is 36.4 Å². The molecule has 0 atom stereocenters. The van der Waals surface area contributed by atoms with E-state index in [1.165, 1.54) is 42.5 Å². The Bertz CT molecular complexity index is 909. The number of benzene rings is 3. The second kappa shape index (κ2) is 15.7. The van der Waals surface area contributed by atoms with Gasteiger partial charge < -0.3 is 35.4 Å². The Hall–Kier alpha value is -3.01. The number of carbonyl (C=O) groups is 3. The van der Waals surface area contributed by atoms with E-state index in [0.717, 1.165) is 0 Å². The van der Waals surface area contributed by atoms with E-state index in [4.69, 9.17) is 25.5 Å². The average Bonchev–Trinajstić information content (AvgIpc) is 2.69. The predicted molar refractivity (Wildman–Crippen MR) is 103 cm³/mol. The molecule has 0 amide bonds. The molecule has 0 bridgehead atoms. The minimum absolute atomic E-state index is 0. The van der Waals surface area contributed by atoms with Crippen LogP contribution in [0.15, 0.2) is 72.8 Å². The van der Waals surface area contributed by atoms with Gasteiger partial charge >= 0.3 is 41.5 Å². The number of phenols is 3. The molecule has 5 N–H and O–H groups in total. The van der Waals surface area contributed by atoms with Crippen molar-refractivity contribution in [1.29, 1.82) is 0 Å². The standard InChI is InChI=1S/3C7H6O3.Fe.Na/c3*8-6-4-2-1-3-5(6)7(9)10;;/h3*1-4,8H,(H,9,10);;/q;;;;+1/p-1. The van der Waals surface area contributed by atoms with Crippen molar-refractivity contribution in [1.82, 2.24) is 0 Å². The number of rotatable bonds is 3. The fourth-order valence-corrected chi connectivity index (χ4v) is 1.96. The summed E-state index contributed by atoms with van der Waals surface area (Å²) in [4.78, 5) is 30.7. The summed E-state index contributed by atoms with van der Waals surface area (Å²) in [5, 5.41) is 53.6. The van der Waals surface area contributed by atoms with Gasteiger partial charge in [-0.3, -0.25) is 0 Å². The molecule has 0 aliphatic rings. The van der Waals surface area contributed by atoms with Gasteiger partial charge in [-0.15, -0.1) is 0 Å². The summed E-state index contributed by atoms with van der Waals surface area (Å²) in [5.41, 5.74) is -0.312. The molecule has 32 heavy (non-hydrogen) atoms. The zero-order valence-corrected chi connectivity index (χ0v) is 19.8. The quantitative estimate of drug-likeness (QED) is 0.286. The summed E-state index contributed by atoms with van der Waals surface area (Å²) in [5.74, 6) is -4.25. The van der Waals surface area contributed by atoms with Crippen LogP contribution in [0, 0.1) is 0 Å². The molecule has 0 spiro atoms. The predicted octanol–water partition coefficient (Wildman–Crippen LogP) is -1.06. The van der Waals surface area contributed by atoms with Gasteiger partial charge in [0.05, 0.1) is 5.97 Å². The Morgan fingerprint density at radius 2 is 0.812 bits per heavy atom. The third kappa shape index (κ3) is 10.3. The van der Waals surface area contributed by atoms with Crippen molar-refractivity contribution in [2.75, 3.05) is 0 Å². The summed E-state index contributed by atoms with van der Waals surface area (Å²) < 4.78 is 0. The zero-order valence-electron chi connectivity index (χ0n) is 16.7. The fourth-order valence-electron chi connectivity index (χ4n) is 1.96. The van der Waals surface area contributed by atoms with Gasteiger partial charge in [0.15, 0.2) is 0 Å². The first kappa shape index (κ1) is 31.2. The van der Waals surface area contributed by atoms with E-state index in [-0.39, 0.29) is 80.6 Å². The van der Waals surface area contributed by atoms with Gasteiger partial charge in [0.25, 0.3) is 0 Å². The first-order valence-electron chi connectivity index (χ1n) is 8.17. The molecule has 0 aromatic heterocycles. The minimum Gasteiger partial charge on any atom is -0.545 e. The molecule has 0 heterocycles. The Balaban J connectivity index is 0. The molecule has 0 aliphatic carbocycles. The number of hydrogen-bond donors (Lipinski definition) is 5. The molecule has 164 valence electrons. The third-order valence-corrected chi connectivity index (χ3v) is 3.39. The fraction of sp³-hybridized carbons (Fsp3) is 0. The van der Waals surface area contributed by atoms with Crippen LogP contribution in [0.2, 0.25) is 0 Å². The molecule has 3 rings (SSSR count). The molecule has 0 aliphatic heterocycles. The molecule has 3 aromatic carbocycles. The van der Waals surface area contributed by atoms with E-state index in [2.05, 4.69) is 0 Å². The van der Waals surface area contributed by atoms with E-state index >= 15 is 0 Å². The Kier molecular flexibility index (Phi) is 15.3. The van der Waals surface area contributed by atoms with Gasteiger partial charge in [0.2, 0.25) is 0 Å². The molecular formula is C21H17FeNaO9. The molecule has 0 saturated carbocycles. The van der Waals surface area contributed by atoms with Crippen LogP contribution in [-0.2, 0) is 17.1 Å². The summed E-state index contributed by atoms with van der Waals surface area (Å²) in [6, 6.07) is 17.3. The van der Waals surface area contributed by atoms with Crippen LogP contribution in [-0.4, -0.2) is 43.4 Å². The van der Waals surface area contributed by atoms with Crippen molar-refractivity contribution in [3.63, 3.8) is 0 Å². The SMILES string of the molecule is O=C(O)c1ccccc1O.O=C(O)c1ccccc1O.O=C([O-])c1ccccc1O.[Fe].[Na+]. The summed E-state index contributed by atoms with van der Waals surface area (Å²) in [6.07, 6.45) is 0. The second-order valence-electron chi connectivity index (χ2n) is 5.45. The van der Waals surface area contributed by atoms with Gasteiger partial charge in [-0.2, -0.15) is 0 Å². The van der Waals surface area contributed by atoms with Crippen LogP contribution >= 0.6 is 0 Å². The van der Waals surface area contributed by atoms with Crippen LogP contribution in [0.5, 0.6) is 17.2 Å². The van der Waals surface area contributed by atoms with E-state index in [0.29, 0.717) is 0 Å². The van der Waals surface area contributed by atoms with Gasteiger partial charge in [0, 0.05) is 22.6 Å². The Labute approximate surface area is 215 Å². The number of hydrogen-bond acceptors (Lipinski definition) is 7. The Morgan fingerprint density at radius 3 is 0.969 bits per heavy atom. The number of carboxylic acid groups (broad SMARTS) is 3. The molecule has 0 radical (unpaired) electrons. The molecule has 3 aromatic rings. The number of para-hydroxylation sites is 3. The van der Waals surface area contributed by atoms with Crippen LogP contribution < -0.4 is 34.7 Å². The summed E-state index contributed by atoms with van der Waals surface area (Å²) in [7, 11) is 0. The molecule has 0 unspecified atom stereocenters. The summed E-state index contributed by atoms with van der Waals surface area (Å²) >= 11 is 0. The largest absolute Gasteiger partial charge is 1.00 e. The monoisotopic (exact) mass is 492 g/mol. The number of carbonyl (C=O) groups excluding carboxylic acids is 1. The van der Waals surface area contributed by atoms with Gasteiger partial charge in [-0.05, 0) is 36.4 Å². The number of aromatic hydroxyl groups is 3. The van der Waals surface area contributed by atoms with Gasteiger partial charge in [0.1, 0.15) is 28.4 Å². The maximum atomic E-state index is 10.3. The number of carboxylic acids is 3. The van der Waals surface area contributed by atoms with Crippen LogP contribution in [0.25, 0.3) is 0 Å². The van der Waals surface area contributed by atoms with Crippen molar-refractivity contribution in [3.05, 3.63) is 89.5 Å². The van der Waals surface area contributed by atoms with Crippen molar-refractivity contribution in [2.45, 2.75) is 0 Å². The Morgan fingerprint density at radius 1 is 0.562 bits per heavy atom. The van der Waals surface area contributed by atoms with Crippen LogP contribution in [0.4, 0.5) is 0 Å². The molecule has 0 saturated heterocycles. The zero-order chi connectivity index (χ0) is 22.7. The number of aromatic carboxylic acids is 3. The summed E-state index contributed by atoms with van der Waals surface area (Å²) in [6.45, 7) is 0. The van der Waals surface area contributed by atoms with E-state index in [1.807, 2.05) is 0 Å². The second-order valence-corrected chi connectivity index (χ2v) is 5.45. The normalized spacial score (nSPS) is 8.62. The average molecular weight is 492 g/mol. The molecule has 11 heteroatoms. The maximum absolute atomic E-state index is 10.3. The first-order valence-corrected chi connectivity index (χ1v) is 8.17. The van der Waals surface area contributed by atoms with Gasteiger partial charge in [-0.25, -0.2) is 9.59 Å². The maximum Gasteiger partial charge on any atom is 1.00 e. The smallest absolute Gasteiger partial charge is 0.545 e. The van der Waals surface area contributed by atoms with E-state index in [9.17, 15) is 19.5 Å². The molecule has 9 nitrogen and oxygen atoms in total. The van der Waals surface area contributed by atoms with Crippen molar-refractivity contribution < 1.29 is 91.6 Å². The van der Waals surface area contributed by atoms with Crippen molar-refractivity contribution in [3.8, 4) is 17.2 Å². The van der Waals surface area contributed by atoms with Crippen molar-refractivity contribution >= 4 is 17.9 Å². The van der Waals surface area contributed by atoms with E-state index in [1.54, 1.807) is 30.3 Å². The first-order chi connectivity index (χ1) is 14.1. The van der Waals surface area contributed by atoms with Crippen molar-refractivity contribution in [2.24, 2.45) is 0 Å².